The van der Waals surface area contributed by atoms with E-state index in [1.165, 1.54) is 5.56 Å². The van der Waals surface area contributed by atoms with E-state index >= 15 is 0 Å². The van der Waals surface area contributed by atoms with E-state index in [9.17, 15) is 4.79 Å². The fourth-order valence-corrected chi connectivity index (χ4v) is 2.71. The first kappa shape index (κ1) is 16.8. The van der Waals surface area contributed by atoms with Crippen molar-refractivity contribution in [3.63, 3.8) is 0 Å². The number of carbonyl (C=O) groups excluding carboxylic acids is 1. The lowest BCUT2D eigenvalue weighted by atomic mass is 10.2. The molecular weight excluding hydrogens is 310 g/mol. The van der Waals surface area contributed by atoms with Crippen LogP contribution < -0.4 is 10.6 Å². The van der Waals surface area contributed by atoms with Crippen molar-refractivity contribution < 1.29 is 4.79 Å². The lowest BCUT2D eigenvalue weighted by Crippen LogP contribution is -2.28. The van der Waals surface area contributed by atoms with E-state index in [4.69, 9.17) is 0 Å². The summed E-state index contributed by atoms with van der Waals surface area (Å²) in [6.07, 6.45) is 2.82. The molecular formula is C21H23N3O. The smallest absolute Gasteiger partial charge is 0.267 e. The van der Waals surface area contributed by atoms with Gasteiger partial charge >= 0.3 is 0 Å². The lowest BCUT2D eigenvalue weighted by Gasteiger charge is -2.10. The minimum Gasteiger partial charge on any atom is -0.385 e. The van der Waals surface area contributed by atoms with Crippen LogP contribution in [-0.4, -0.2) is 23.6 Å². The summed E-state index contributed by atoms with van der Waals surface area (Å²) in [7, 11) is 0. The number of carbonyl (C=O) groups is 1. The predicted octanol–water partition coefficient (Wildman–Crippen LogP) is 3.77. The van der Waals surface area contributed by atoms with Crippen LogP contribution in [-0.2, 0) is 6.54 Å². The highest BCUT2D eigenvalue weighted by Gasteiger charge is 2.10. The van der Waals surface area contributed by atoms with Crippen LogP contribution in [0, 0.1) is 0 Å². The number of benzene rings is 2. The van der Waals surface area contributed by atoms with Gasteiger partial charge in [0.25, 0.3) is 5.91 Å². The first-order chi connectivity index (χ1) is 12.3. The fourth-order valence-electron chi connectivity index (χ4n) is 2.71. The van der Waals surface area contributed by atoms with Crippen LogP contribution in [0.4, 0.5) is 5.69 Å². The maximum Gasteiger partial charge on any atom is 0.267 e. The topological polar surface area (TPSA) is 46.1 Å². The average Bonchev–Trinajstić information content (AvgIpc) is 3.11. The molecule has 1 amide bonds. The normalized spacial score (nSPS) is 10.4. The molecule has 0 aliphatic heterocycles. The van der Waals surface area contributed by atoms with Crippen LogP contribution in [0.1, 0.15) is 22.5 Å². The molecule has 0 bridgehead atoms. The highest BCUT2D eigenvalue weighted by atomic mass is 16.1. The third-order valence-electron chi connectivity index (χ3n) is 4.00. The minimum absolute atomic E-state index is 0.0272. The van der Waals surface area contributed by atoms with Gasteiger partial charge in [0.1, 0.15) is 5.69 Å². The summed E-state index contributed by atoms with van der Waals surface area (Å²) < 4.78 is 1.98. The molecule has 4 heteroatoms. The van der Waals surface area contributed by atoms with Crippen molar-refractivity contribution in [2.45, 2.75) is 13.0 Å². The Balaban J connectivity index is 1.45. The van der Waals surface area contributed by atoms with Gasteiger partial charge in [0.15, 0.2) is 0 Å². The summed E-state index contributed by atoms with van der Waals surface area (Å²) in [5, 5.41) is 6.34. The largest absolute Gasteiger partial charge is 0.385 e. The number of anilines is 1. The van der Waals surface area contributed by atoms with Gasteiger partial charge in [-0.15, -0.1) is 0 Å². The molecule has 0 fully saturated rings. The molecule has 4 nitrogen and oxygen atoms in total. The zero-order valence-electron chi connectivity index (χ0n) is 14.2. The quantitative estimate of drug-likeness (QED) is 0.617. The molecule has 0 aliphatic carbocycles. The highest BCUT2D eigenvalue weighted by Crippen LogP contribution is 2.08. The second-order valence-corrected chi connectivity index (χ2v) is 5.91. The van der Waals surface area contributed by atoms with E-state index in [2.05, 4.69) is 22.8 Å². The Morgan fingerprint density at radius 2 is 1.56 bits per heavy atom. The molecule has 2 N–H and O–H groups in total. The number of nitrogens with zero attached hydrogens (tertiary/aromatic N) is 1. The number of para-hydroxylation sites is 1. The molecule has 0 saturated heterocycles. The number of hydrogen-bond donors (Lipinski definition) is 2. The van der Waals surface area contributed by atoms with Crippen molar-refractivity contribution >= 4 is 11.6 Å². The zero-order chi connectivity index (χ0) is 17.3. The SMILES string of the molecule is O=C(NCCCNc1ccccc1)c1cccn1Cc1ccccc1. The van der Waals surface area contributed by atoms with Crippen molar-refractivity contribution in [2.75, 3.05) is 18.4 Å². The van der Waals surface area contributed by atoms with Gasteiger partial charge < -0.3 is 15.2 Å². The van der Waals surface area contributed by atoms with Crippen LogP contribution in [0.5, 0.6) is 0 Å². The number of nitrogens with one attached hydrogen (secondary N) is 2. The van der Waals surface area contributed by atoms with Crippen LogP contribution in [0.15, 0.2) is 79.0 Å². The van der Waals surface area contributed by atoms with Gasteiger partial charge in [-0.3, -0.25) is 4.79 Å². The first-order valence-corrected chi connectivity index (χ1v) is 8.59. The van der Waals surface area contributed by atoms with E-state index in [0.717, 1.165) is 18.7 Å². The van der Waals surface area contributed by atoms with Crippen molar-refractivity contribution in [1.82, 2.24) is 9.88 Å². The number of hydrogen-bond acceptors (Lipinski definition) is 2. The van der Waals surface area contributed by atoms with Gasteiger partial charge in [-0.1, -0.05) is 48.5 Å². The Kier molecular flexibility index (Phi) is 5.88. The Morgan fingerprint density at radius 1 is 0.840 bits per heavy atom. The molecule has 3 rings (SSSR count). The molecule has 0 atom stereocenters. The maximum atomic E-state index is 12.4. The standard InChI is InChI=1S/C21H23N3O/c25-21(23-15-8-14-22-19-11-5-2-6-12-19)20-13-7-16-24(20)17-18-9-3-1-4-10-18/h1-7,9-13,16,22H,8,14-15,17H2,(H,23,25). The van der Waals surface area contributed by atoms with E-state index in [1.54, 1.807) is 0 Å². The third-order valence-corrected chi connectivity index (χ3v) is 4.00. The predicted molar refractivity (Wildman–Crippen MR) is 102 cm³/mol. The van der Waals surface area contributed by atoms with Gasteiger partial charge in [0, 0.05) is 31.5 Å². The molecule has 128 valence electrons. The van der Waals surface area contributed by atoms with E-state index in [0.29, 0.717) is 18.8 Å². The average molecular weight is 333 g/mol. The molecule has 0 saturated carbocycles. The maximum absolute atomic E-state index is 12.4. The van der Waals surface area contributed by atoms with Crippen LogP contribution >= 0.6 is 0 Å². The minimum atomic E-state index is -0.0272. The summed E-state index contributed by atoms with van der Waals surface area (Å²) in [6, 6.07) is 24.0. The molecule has 1 aromatic heterocycles. The van der Waals surface area contributed by atoms with E-state index < -0.39 is 0 Å². The second-order valence-electron chi connectivity index (χ2n) is 5.91. The number of aromatic nitrogens is 1. The monoisotopic (exact) mass is 333 g/mol. The molecule has 25 heavy (non-hydrogen) atoms. The summed E-state index contributed by atoms with van der Waals surface area (Å²) in [6.45, 7) is 2.18. The van der Waals surface area contributed by atoms with Gasteiger partial charge in [0.2, 0.25) is 0 Å². The highest BCUT2D eigenvalue weighted by molar-refractivity contribution is 5.92. The molecule has 0 spiro atoms. The molecule has 0 radical (unpaired) electrons. The van der Waals surface area contributed by atoms with Crippen molar-refractivity contribution in [3.05, 3.63) is 90.3 Å². The summed E-state index contributed by atoms with van der Waals surface area (Å²) >= 11 is 0. The molecule has 1 heterocycles. The fraction of sp³-hybridized carbons (Fsp3) is 0.190. The molecule has 0 aliphatic rings. The Bertz CT molecular complexity index is 781. The Labute approximate surface area is 148 Å². The number of rotatable bonds is 8. The first-order valence-electron chi connectivity index (χ1n) is 8.59. The van der Waals surface area contributed by atoms with Crippen LogP contribution in [0.2, 0.25) is 0 Å². The van der Waals surface area contributed by atoms with Gasteiger partial charge in [-0.25, -0.2) is 0 Å². The van der Waals surface area contributed by atoms with Crippen molar-refractivity contribution in [1.29, 1.82) is 0 Å². The summed E-state index contributed by atoms with van der Waals surface area (Å²) in [5.74, 6) is -0.0272. The lowest BCUT2D eigenvalue weighted by molar-refractivity contribution is 0.0945. The summed E-state index contributed by atoms with van der Waals surface area (Å²) in [4.78, 5) is 12.4. The summed E-state index contributed by atoms with van der Waals surface area (Å²) in [5.41, 5.74) is 2.98. The zero-order valence-corrected chi connectivity index (χ0v) is 14.2. The van der Waals surface area contributed by atoms with Crippen LogP contribution in [0.25, 0.3) is 0 Å². The molecule has 3 aromatic rings. The third kappa shape index (κ3) is 4.98. The van der Waals surface area contributed by atoms with Crippen LogP contribution in [0.3, 0.4) is 0 Å². The molecule has 0 unspecified atom stereocenters. The van der Waals surface area contributed by atoms with E-state index in [1.807, 2.05) is 71.4 Å². The van der Waals surface area contributed by atoms with Crippen molar-refractivity contribution in [3.8, 4) is 0 Å². The molecule has 2 aromatic carbocycles. The Hall–Kier alpha value is -3.01. The van der Waals surface area contributed by atoms with Gasteiger partial charge in [-0.2, -0.15) is 0 Å². The van der Waals surface area contributed by atoms with Crippen molar-refractivity contribution in [2.24, 2.45) is 0 Å². The Morgan fingerprint density at radius 3 is 2.32 bits per heavy atom. The van der Waals surface area contributed by atoms with Gasteiger partial charge in [0.05, 0.1) is 0 Å². The number of amides is 1. The van der Waals surface area contributed by atoms with Gasteiger partial charge in [-0.05, 0) is 36.2 Å². The second kappa shape index (κ2) is 8.73. The van der Waals surface area contributed by atoms with E-state index in [-0.39, 0.29) is 5.91 Å².